The van der Waals surface area contributed by atoms with Gasteiger partial charge in [-0.2, -0.15) is 0 Å². The Labute approximate surface area is 143 Å². The van der Waals surface area contributed by atoms with E-state index in [2.05, 4.69) is 6.92 Å². The molecule has 1 aromatic rings. The van der Waals surface area contributed by atoms with Crippen molar-refractivity contribution in [3.05, 3.63) is 70.7 Å². The van der Waals surface area contributed by atoms with Crippen LogP contribution in [0.25, 0.3) is 0 Å². The number of allylic oxidation sites excluding steroid dienone is 4. The van der Waals surface area contributed by atoms with Gasteiger partial charge in [-0.05, 0) is 48.8 Å². The monoisotopic (exact) mass is 324 g/mol. The van der Waals surface area contributed by atoms with Gasteiger partial charge in [-0.15, -0.1) is 0 Å². The van der Waals surface area contributed by atoms with Crippen molar-refractivity contribution < 1.29 is 14.3 Å². The number of methoxy groups -OCH3 is 1. The van der Waals surface area contributed by atoms with Crippen molar-refractivity contribution in [2.24, 2.45) is 5.92 Å². The topological polar surface area (TPSA) is 35.5 Å². The lowest BCUT2D eigenvalue weighted by atomic mass is 9.94. The van der Waals surface area contributed by atoms with Gasteiger partial charge < -0.3 is 9.47 Å². The van der Waals surface area contributed by atoms with E-state index in [1.807, 2.05) is 36.4 Å². The number of carbonyl (C=O) groups is 1. The zero-order valence-corrected chi connectivity index (χ0v) is 14.4. The molecule has 3 rings (SSSR count). The molecule has 126 valence electrons. The average Bonchev–Trinajstić information content (AvgIpc) is 3.42. The summed E-state index contributed by atoms with van der Waals surface area (Å²) in [5, 5.41) is 0. The molecule has 0 saturated heterocycles. The lowest BCUT2D eigenvalue weighted by Crippen LogP contribution is -2.13. The number of rotatable bonds is 5. The van der Waals surface area contributed by atoms with Gasteiger partial charge >= 0.3 is 0 Å². The molecule has 0 aromatic heterocycles. The van der Waals surface area contributed by atoms with E-state index >= 15 is 0 Å². The predicted octanol–water partition coefficient (Wildman–Crippen LogP) is 4.71. The molecule has 24 heavy (non-hydrogen) atoms. The molecule has 2 aliphatic rings. The Balaban J connectivity index is 1.93. The van der Waals surface area contributed by atoms with Crippen LogP contribution in [0.1, 0.15) is 38.2 Å². The molecule has 0 bridgehead atoms. The Kier molecular flexibility index (Phi) is 5.19. The second kappa shape index (κ2) is 7.52. The first-order valence-electron chi connectivity index (χ1n) is 8.58. The van der Waals surface area contributed by atoms with Crippen LogP contribution in [0.3, 0.4) is 0 Å². The number of ketones is 1. The fraction of sp³-hybridized carbons (Fsp3) is 0.381. The summed E-state index contributed by atoms with van der Waals surface area (Å²) in [6.45, 7) is 2.52. The SMILES string of the molecule is COC(=C1CC1)/C1=C(\OCc2ccccc2)C(=O)/C=C\[C@H](C)CC1. The molecule has 3 nitrogen and oxygen atoms in total. The number of carbonyl (C=O) groups excluding carboxylic acids is 1. The lowest BCUT2D eigenvalue weighted by Gasteiger charge is -2.20. The molecule has 0 unspecified atom stereocenters. The molecule has 0 N–H and O–H groups in total. The van der Waals surface area contributed by atoms with Crippen LogP contribution in [0, 0.1) is 5.92 Å². The maximum Gasteiger partial charge on any atom is 0.220 e. The second-order valence-corrected chi connectivity index (χ2v) is 6.46. The highest BCUT2D eigenvalue weighted by Crippen LogP contribution is 2.38. The summed E-state index contributed by atoms with van der Waals surface area (Å²) in [5.74, 6) is 1.62. The van der Waals surface area contributed by atoms with E-state index in [0.717, 1.165) is 42.6 Å². The lowest BCUT2D eigenvalue weighted by molar-refractivity contribution is -0.115. The van der Waals surface area contributed by atoms with Gasteiger partial charge in [0.2, 0.25) is 5.78 Å². The zero-order valence-electron chi connectivity index (χ0n) is 14.4. The minimum absolute atomic E-state index is 0.0664. The third kappa shape index (κ3) is 3.97. The van der Waals surface area contributed by atoms with E-state index in [-0.39, 0.29) is 5.78 Å². The quantitative estimate of drug-likeness (QED) is 0.736. The molecule has 0 aliphatic heterocycles. The Bertz CT molecular complexity index is 689. The van der Waals surface area contributed by atoms with Gasteiger partial charge in [0.25, 0.3) is 0 Å². The summed E-state index contributed by atoms with van der Waals surface area (Å²) in [5.41, 5.74) is 3.27. The molecule has 0 radical (unpaired) electrons. The molecule has 1 fully saturated rings. The van der Waals surface area contributed by atoms with E-state index in [1.165, 1.54) is 5.57 Å². The van der Waals surface area contributed by atoms with Crippen molar-refractivity contribution in [1.29, 1.82) is 0 Å². The van der Waals surface area contributed by atoms with E-state index in [0.29, 0.717) is 18.3 Å². The zero-order chi connectivity index (χ0) is 16.9. The number of hydrogen-bond acceptors (Lipinski definition) is 3. The van der Waals surface area contributed by atoms with Crippen molar-refractivity contribution in [3.8, 4) is 0 Å². The van der Waals surface area contributed by atoms with Gasteiger partial charge in [0.05, 0.1) is 7.11 Å². The molecule has 3 heteroatoms. The molecule has 1 atom stereocenters. The van der Waals surface area contributed by atoms with Crippen molar-refractivity contribution in [1.82, 2.24) is 0 Å². The summed E-state index contributed by atoms with van der Waals surface area (Å²) in [6.07, 6.45) is 7.51. The van der Waals surface area contributed by atoms with E-state index in [4.69, 9.17) is 9.47 Å². The van der Waals surface area contributed by atoms with Gasteiger partial charge in [-0.3, -0.25) is 4.79 Å². The van der Waals surface area contributed by atoms with Crippen LogP contribution >= 0.6 is 0 Å². The van der Waals surface area contributed by atoms with E-state index in [1.54, 1.807) is 13.2 Å². The van der Waals surface area contributed by atoms with Crippen LogP contribution in [-0.2, 0) is 20.9 Å². The minimum Gasteiger partial charge on any atom is -0.496 e. The predicted molar refractivity (Wildman–Crippen MR) is 94.1 cm³/mol. The molecule has 0 spiro atoms. The van der Waals surface area contributed by atoms with Crippen molar-refractivity contribution in [3.63, 3.8) is 0 Å². The first-order chi connectivity index (χ1) is 11.7. The van der Waals surface area contributed by atoms with Gasteiger partial charge in [0.15, 0.2) is 5.76 Å². The normalized spacial score (nSPS) is 24.8. The second-order valence-electron chi connectivity index (χ2n) is 6.46. The summed E-state index contributed by atoms with van der Waals surface area (Å²) >= 11 is 0. The van der Waals surface area contributed by atoms with E-state index < -0.39 is 0 Å². The average molecular weight is 324 g/mol. The number of benzene rings is 1. The molecular weight excluding hydrogens is 300 g/mol. The molecule has 2 aliphatic carbocycles. The van der Waals surface area contributed by atoms with Gasteiger partial charge in [0.1, 0.15) is 12.4 Å². The Hall–Kier alpha value is -2.29. The number of hydrogen-bond donors (Lipinski definition) is 0. The van der Waals surface area contributed by atoms with Crippen LogP contribution < -0.4 is 0 Å². The van der Waals surface area contributed by atoms with Crippen LogP contribution in [-0.4, -0.2) is 12.9 Å². The molecule has 0 heterocycles. The summed E-state index contributed by atoms with van der Waals surface area (Å²) in [6, 6.07) is 9.93. The summed E-state index contributed by atoms with van der Waals surface area (Å²) < 4.78 is 11.6. The third-order valence-electron chi connectivity index (χ3n) is 4.45. The van der Waals surface area contributed by atoms with Crippen LogP contribution in [0.5, 0.6) is 0 Å². The molecular formula is C21H24O3. The van der Waals surface area contributed by atoms with Gasteiger partial charge in [-0.25, -0.2) is 0 Å². The fourth-order valence-corrected chi connectivity index (χ4v) is 2.93. The minimum atomic E-state index is -0.0664. The van der Waals surface area contributed by atoms with Crippen LogP contribution in [0.2, 0.25) is 0 Å². The third-order valence-corrected chi connectivity index (χ3v) is 4.45. The standard InChI is InChI=1S/C21H24O3/c1-15-8-12-18(20(23-2)17-10-11-17)21(19(22)13-9-15)24-14-16-6-4-3-5-7-16/h3-7,9,13,15H,8,10-12,14H2,1-2H3/b13-9-,21-18-/t15-/m1/s1. The van der Waals surface area contributed by atoms with Crippen LogP contribution in [0.4, 0.5) is 0 Å². The Morgan fingerprint density at radius 3 is 2.58 bits per heavy atom. The first-order valence-corrected chi connectivity index (χ1v) is 8.58. The van der Waals surface area contributed by atoms with Crippen molar-refractivity contribution in [2.75, 3.05) is 7.11 Å². The fourth-order valence-electron chi connectivity index (χ4n) is 2.93. The molecule has 0 amide bonds. The molecule has 1 aromatic carbocycles. The highest BCUT2D eigenvalue weighted by Gasteiger charge is 2.27. The Morgan fingerprint density at radius 1 is 1.17 bits per heavy atom. The first kappa shape index (κ1) is 16.6. The maximum absolute atomic E-state index is 12.7. The molecule has 1 saturated carbocycles. The van der Waals surface area contributed by atoms with E-state index in [9.17, 15) is 4.79 Å². The van der Waals surface area contributed by atoms with Crippen molar-refractivity contribution >= 4 is 5.78 Å². The van der Waals surface area contributed by atoms with Crippen molar-refractivity contribution in [2.45, 2.75) is 39.2 Å². The van der Waals surface area contributed by atoms with Gasteiger partial charge in [-0.1, -0.05) is 43.3 Å². The maximum atomic E-state index is 12.7. The largest absolute Gasteiger partial charge is 0.496 e. The smallest absolute Gasteiger partial charge is 0.220 e. The summed E-state index contributed by atoms with van der Waals surface area (Å²) in [7, 11) is 1.69. The highest BCUT2D eigenvalue weighted by molar-refractivity contribution is 6.03. The Morgan fingerprint density at radius 2 is 1.92 bits per heavy atom. The number of ether oxygens (including phenoxy) is 2. The highest BCUT2D eigenvalue weighted by atomic mass is 16.5. The summed E-state index contributed by atoms with van der Waals surface area (Å²) in [4.78, 5) is 12.7. The van der Waals surface area contributed by atoms with Gasteiger partial charge in [0, 0.05) is 5.57 Å². The van der Waals surface area contributed by atoms with Crippen LogP contribution in [0.15, 0.2) is 65.1 Å².